The lowest BCUT2D eigenvalue weighted by molar-refractivity contribution is 0.531. The number of aryl methyl sites for hydroxylation is 1. The summed E-state index contributed by atoms with van der Waals surface area (Å²) in [5, 5.41) is 7.37. The van der Waals surface area contributed by atoms with Crippen molar-refractivity contribution in [1.29, 1.82) is 0 Å². The van der Waals surface area contributed by atoms with Gasteiger partial charge in [0.05, 0.1) is 16.1 Å². The van der Waals surface area contributed by atoms with E-state index < -0.39 is 9.05 Å². The summed E-state index contributed by atoms with van der Waals surface area (Å²) in [5.41, 5.74) is 2.46. The van der Waals surface area contributed by atoms with Gasteiger partial charge in [-0.15, -0.1) is 21.5 Å². The van der Waals surface area contributed by atoms with Gasteiger partial charge in [-0.25, -0.2) is 13.4 Å². The maximum Gasteiger partial charge on any atom is 0.296 e. The second-order valence-corrected chi connectivity index (χ2v) is 7.29. The van der Waals surface area contributed by atoms with E-state index in [2.05, 4.69) is 15.2 Å². The Balaban J connectivity index is 2.72. The average Bonchev–Trinajstić information content (AvgIpc) is 2.80. The SMILES string of the molecule is Cc1ncsc1-c1nnc(S(=O)(=O)Cl)n1C(C)C. The van der Waals surface area contributed by atoms with Gasteiger partial charge in [0.2, 0.25) is 0 Å². The molecule has 2 aromatic rings. The lowest BCUT2D eigenvalue weighted by atomic mass is 10.3. The second kappa shape index (κ2) is 4.60. The van der Waals surface area contributed by atoms with E-state index in [9.17, 15) is 8.42 Å². The molecule has 2 heterocycles. The molecule has 0 fully saturated rings. The summed E-state index contributed by atoms with van der Waals surface area (Å²) in [6.07, 6.45) is 0. The molecule has 0 saturated heterocycles. The molecule has 0 spiro atoms. The number of hydrogen-bond acceptors (Lipinski definition) is 6. The lowest BCUT2D eigenvalue weighted by Crippen LogP contribution is -2.10. The largest absolute Gasteiger partial charge is 0.296 e. The first-order valence-corrected chi connectivity index (χ1v) is 8.31. The Morgan fingerprint density at radius 2 is 2.06 bits per heavy atom. The molecule has 9 heteroatoms. The van der Waals surface area contributed by atoms with Crippen LogP contribution in [-0.2, 0) is 9.05 Å². The van der Waals surface area contributed by atoms with E-state index in [1.165, 1.54) is 15.9 Å². The predicted molar refractivity (Wildman–Crippen MR) is 69.3 cm³/mol. The average molecular weight is 307 g/mol. The molecule has 0 amide bonds. The molecule has 0 atom stereocenters. The van der Waals surface area contributed by atoms with Crippen molar-refractivity contribution < 1.29 is 8.42 Å². The van der Waals surface area contributed by atoms with Crippen LogP contribution in [0, 0.1) is 6.92 Å². The molecule has 0 saturated carbocycles. The third-order valence-corrected chi connectivity index (χ3v) is 4.40. The Hall–Kier alpha value is -0.990. The molecule has 6 nitrogen and oxygen atoms in total. The number of hydrogen-bond donors (Lipinski definition) is 0. The van der Waals surface area contributed by atoms with Crippen LogP contribution >= 0.6 is 22.0 Å². The van der Waals surface area contributed by atoms with E-state index in [0.717, 1.165) is 10.6 Å². The lowest BCUT2D eigenvalue weighted by Gasteiger charge is -2.11. The molecule has 0 N–H and O–H groups in total. The van der Waals surface area contributed by atoms with Crippen LogP contribution in [0.4, 0.5) is 0 Å². The second-order valence-electron chi connectivity index (χ2n) is 3.97. The van der Waals surface area contributed by atoms with Crippen LogP contribution in [0.1, 0.15) is 25.6 Å². The molecule has 2 rings (SSSR count). The fraction of sp³-hybridized carbons (Fsp3) is 0.444. The summed E-state index contributed by atoms with van der Waals surface area (Å²) in [5.74, 6) is 0.476. The molecule has 0 bridgehead atoms. The van der Waals surface area contributed by atoms with Gasteiger partial charge < -0.3 is 0 Å². The van der Waals surface area contributed by atoms with E-state index in [4.69, 9.17) is 10.7 Å². The normalized spacial score (nSPS) is 12.3. The Morgan fingerprint density at radius 3 is 2.50 bits per heavy atom. The van der Waals surface area contributed by atoms with Crippen LogP contribution < -0.4 is 0 Å². The molecule has 0 aliphatic rings. The van der Waals surface area contributed by atoms with Crippen molar-refractivity contribution in [2.75, 3.05) is 0 Å². The minimum absolute atomic E-state index is 0.125. The molecule has 18 heavy (non-hydrogen) atoms. The van der Waals surface area contributed by atoms with Crippen molar-refractivity contribution in [3.8, 4) is 10.7 Å². The Bertz CT molecular complexity index is 675. The van der Waals surface area contributed by atoms with Gasteiger partial charge in [0.25, 0.3) is 14.2 Å². The summed E-state index contributed by atoms with van der Waals surface area (Å²) in [6, 6.07) is -0.125. The van der Waals surface area contributed by atoms with Gasteiger partial charge in [0, 0.05) is 16.7 Å². The van der Waals surface area contributed by atoms with Crippen LogP contribution in [0.2, 0.25) is 0 Å². The van der Waals surface area contributed by atoms with E-state index >= 15 is 0 Å². The van der Waals surface area contributed by atoms with Gasteiger partial charge >= 0.3 is 0 Å². The first-order valence-electron chi connectivity index (χ1n) is 5.12. The third kappa shape index (κ3) is 2.27. The van der Waals surface area contributed by atoms with Crippen molar-refractivity contribution in [2.24, 2.45) is 0 Å². The van der Waals surface area contributed by atoms with Crippen molar-refractivity contribution in [3.63, 3.8) is 0 Å². The third-order valence-electron chi connectivity index (χ3n) is 2.35. The van der Waals surface area contributed by atoms with E-state index in [-0.39, 0.29) is 11.2 Å². The highest BCUT2D eigenvalue weighted by molar-refractivity contribution is 8.13. The number of nitrogens with zero attached hydrogens (tertiary/aromatic N) is 4. The van der Waals surface area contributed by atoms with Crippen molar-refractivity contribution in [1.82, 2.24) is 19.7 Å². The first kappa shape index (κ1) is 13.4. The summed E-state index contributed by atoms with van der Waals surface area (Å²) in [4.78, 5) is 4.91. The predicted octanol–water partition coefficient (Wildman–Crippen LogP) is 2.22. The maximum absolute atomic E-state index is 11.5. The van der Waals surface area contributed by atoms with Gasteiger partial charge in [-0.2, -0.15) is 0 Å². The summed E-state index contributed by atoms with van der Waals surface area (Å²) < 4.78 is 24.4. The molecule has 0 unspecified atom stereocenters. The fourth-order valence-corrected chi connectivity index (χ4v) is 3.35. The van der Waals surface area contributed by atoms with Crippen LogP contribution in [-0.4, -0.2) is 28.2 Å². The number of halogens is 1. The number of thiazole rings is 1. The molecule has 0 aliphatic carbocycles. The van der Waals surface area contributed by atoms with Gasteiger partial charge in [0.1, 0.15) is 0 Å². The van der Waals surface area contributed by atoms with Crippen LogP contribution in [0.25, 0.3) is 10.7 Å². The Morgan fingerprint density at radius 1 is 1.39 bits per heavy atom. The summed E-state index contributed by atoms with van der Waals surface area (Å²) in [7, 11) is 1.44. The maximum atomic E-state index is 11.5. The molecule has 0 aromatic carbocycles. The zero-order chi connectivity index (χ0) is 13.5. The van der Waals surface area contributed by atoms with Crippen LogP contribution in [0.3, 0.4) is 0 Å². The highest BCUT2D eigenvalue weighted by atomic mass is 35.7. The standard InChI is InChI=1S/C9H11ClN4O2S2/c1-5(2)14-8(7-6(3)11-4-17-7)12-13-9(14)18(10,15)16/h4-5H,1-3H3. The van der Waals surface area contributed by atoms with Gasteiger partial charge in [-0.05, 0) is 20.8 Å². The summed E-state index contributed by atoms with van der Waals surface area (Å²) >= 11 is 1.39. The van der Waals surface area contributed by atoms with Crippen LogP contribution in [0.15, 0.2) is 10.7 Å². The van der Waals surface area contributed by atoms with Crippen molar-refractivity contribution in [2.45, 2.75) is 32.0 Å². The topological polar surface area (TPSA) is 77.7 Å². The molecule has 2 aromatic heterocycles. The highest BCUT2D eigenvalue weighted by Crippen LogP contribution is 2.30. The number of rotatable bonds is 3. The van der Waals surface area contributed by atoms with E-state index in [1.807, 2.05) is 20.8 Å². The van der Waals surface area contributed by atoms with Gasteiger partial charge in [-0.1, -0.05) is 0 Å². The van der Waals surface area contributed by atoms with E-state index in [1.54, 1.807) is 5.51 Å². The van der Waals surface area contributed by atoms with Crippen molar-refractivity contribution in [3.05, 3.63) is 11.2 Å². The Labute approximate surface area is 113 Å². The monoisotopic (exact) mass is 306 g/mol. The Kier molecular flexibility index (Phi) is 3.43. The first-order chi connectivity index (χ1) is 8.32. The fourth-order valence-electron chi connectivity index (χ4n) is 1.58. The van der Waals surface area contributed by atoms with Gasteiger partial charge in [0.15, 0.2) is 5.82 Å². The van der Waals surface area contributed by atoms with Crippen molar-refractivity contribution >= 4 is 31.1 Å². The molecule has 98 valence electrons. The molecular weight excluding hydrogens is 296 g/mol. The molecular formula is C9H11ClN4O2S2. The van der Waals surface area contributed by atoms with Crippen LogP contribution in [0.5, 0.6) is 0 Å². The zero-order valence-corrected chi connectivity index (χ0v) is 12.3. The van der Waals surface area contributed by atoms with Gasteiger partial charge in [-0.3, -0.25) is 4.57 Å². The summed E-state index contributed by atoms with van der Waals surface area (Å²) in [6.45, 7) is 5.52. The zero-order valence-electron chi connectivity index (χ0n) is 9.95. The minimum atomic E-state index is -3.92. The molecule has 0 radical (unpaired) electrons. The van der Waals surface area contributed by atoms with E-state index in [0.29, 0.717) is 5.82 Å². The minimum Gasteiger partial charge on any atom is -0.294 e. The number of aromatic nitrogens is 4. The quantitative estimate of drug-likeness (QED) is 0.812. The molecule has 0 aliphatic heterocycles. The smallest absolute Gasteiger partial charge is 0.294 e. The highest BCUT2D eigenvalue weighted by Gasteiger charge is 2.26.